The molecule has 0 aliphatic heterocycles. The normalized spacial score (nSPS) is 13.4. The zero-order chi connectivity index (χ0) is 19.3. The molecule has 5 rings (SSSR count). The van der Waals surface area contributed by atoms with Gasteiger partial charge in [-0.05, 0) is 50.8 Å². The second-order valence-electron chi connectivity index (χ2n) is 7.00. The number of aromatic nitrogens is 3. The molecule has 4 aromatic rings. The third-order valence-electron chi connectivity index (χ3n) is 5.25. The maximum absolute atomic E-state index is 13.6. The number of hydrogen-bond donors (Lipinski definition) is 0. The van der Waals surface area contributed by atoms with Crippen LogP contribution in [-0.2, 0) is 18.6 Å². The Morgan fingerprint density at radius 2 is 2.04 bits per heavy atom. The van der Waals surface area contributed by atoms with Crippen LogP contribution in [0.1, 0.15) is 33.9 Å². The van der Waals surface area contributed by atoms with Crippen LogP contribution in [0, 0.1) is 13.8 Å². The third kappa shape index (κ3) is 2.81. The molecule has 0 atom stereocenters. The summed E-state index contributed by atoms with van der Waals surface area (Å²) < 4.78 is 7.04. The molecule has 0 fully saturated rings. The molecule has 0 N–H and O–H groups in total. The number of hydrogen-bond acceptors (Lipinski definition) is 6. The van der Waals surface area contributed by atoms with Crippen LogP contribution in [0.5, 0.6) is 0 Å². The van der Waals surface area contributed by atoms with Crippen LogP contribution in [0.4, 0.5) is 0 Å². The molecule has 0 spiro atoms. The number of fused-ring (bicyclic) bond motifs is 3. The molecule has 0 saturated heterocycles. The van der Waals surface area contributed by atoms with E-state index in [2.05, 4.69) is 5.16 Å². The van der Waals surface area contributed by atoms with E-state index in [0.29, 0.717) is 10.9 Å². The predicted octanol–water partition coefficient (Wildman–Crippen LogP) is 4.83. The van der Waals surface area contributed by atoms with Crippen molar-refractivity contribution in [2.45, 2.75) is 44.0 Å². The van der Waals surface area contributed by atoms with Crippen molar-refractivity contribution in [3.05, 3.63) is 68.1 Å². The molecule has 0 radical (unpaired) electrons. The Balaban J connectivity index is 1.68. The minimum absolute atomic E-state index is 0.0388. The minimum Gasteiger partial charge on any atom is -0.361 e. The average Bonchev–Trinajstić information content (AvgIpc) is 3.36. The Hall–Kier alpha value is -2.38. The molecule has 142 valence electrons. The van der Waals surface area contributed by atoms with Crippen LogP contribution < -0.4 is 5.56 Å². The SMILES string of the molecule is Cc1noc(C)c1CSc1nc2sc3c(c2c(=O)n1-c1ccccc1)CCC3. The standard InChI is InChI=1S/C21H19N3O2S2/c1-12-16(13(2)26-23-12)11-27-21-22-19-18(15-9-6-10-17(15)28-19)20(25)24(21)14-7-4-3-5-8-14/h3-5,7-8H,6,9-11H2,1-2H3. The minimum atomic E-state index is 0.0388. The highest BCUT2D eigenvalue weighted by atomic mass is 32.2. The molecule has 5 nitrogen and oxygen atoms in total. The van der Waals surface area contributed by atoms with Gasteiger partial charge in [-0.1, -0.05) is 35.1 Å². The van der Waals surface area contributed by atoms with E-state index in [1.165, 1.54) is 10.4 Å². The predicted molar refractivity (Wildman–Crippen MR) is 113 cm³/mol. The lowest BCUT2D eigenvalue weighted by atomic mass is 10.2. The zero-order valence-electron chi connectivity index (χ0n) is 15.7. The van der Waals surface area contributed by atoms with Crippen molar-refractivity contribution < 1.29 is 4.52 Å². The van der Waals surface area contributed by atoms with Gasteiger partial charge in [0.2, 0.25) is 0 Å². The molecule has 28 heavy (non-hydrogen) atoms. The van der Waals surface area contributed by atoms with Gasteiger partial charge in [0.05, 0.1) is 16.8 Å². The van der Waals surface area contributed by atoms with E-state index in [1.54, 1.807) is 27.7 Å². The second-order valence-corrected chi connectivity index (χ2v) is 9.03. The van der Waals surface area contributed by atoms with Crippen molar-refractivity contribution in [2.24, 2.45) is 0 Å². The van der Waals surface area contributed by atoms with Gasteiger partial charge in [-0.15, -0.1) is 11.3 Å². The summed E-state index contributed by atoms with van der Waals surface area (Å²) in [5.74, 6) is 1.48. The Morgan fingerprint density at radius 3 is 2.79 bits per heavy atom. The maximum atomic E-state index is 13.6. The Kier molecular flexibility index (Phi) is 4.36. The van der Waals surface area contributed by atoms with E-state index < -0.39 is 0 Å². The fraction of sp³-hybridized carbons (Fsp3) is 0.286. The Labute approximate surface area is 170 Å². The van der Waals surface area contributed by atoms with Crippen LogP contribution in [-0.4, -0.2) is 14.7 Å². The molecule has 1 aliphatic carbocycles. The van der Waals surface area contributed by atoms with Gasteiger partial charge < -0.3 is 4.52 Å². The van der Waals surface area contributed by atoms with Gasteiger partial charge in [-0.2, -0.15) is 0 Å². The first kappa shape index (κ1) is 17.7. The quantitative estimate of drug-likeness (QED) is 0.357. The molecular formula is C21H19N3O2S2. The second kappa shape index (κ2) is 6.90. The number of benzene rings is 1. The van der Waals surface area contributed by atoms with Crippen molar-refractivity contribution >= 4 is 33.3 Å². The first-order valence-corrected chi connectivity index (χ1v) is 11.1. The summed E-state index contributed by atoms with van der Waals surface area (Å²) in [7, 11) is 0. The van der Waals surface area contributed by atoms with Crippen molar-refractivity contribution in [1.29, 1.82) is 0 Å². The van der Waals surface area contributed by atoms with Crippen molar-refractivity contribution in [3.8, 4) is 5.69 Å². The molecule has 0 unspecified atom stereocenters. The van der Waals surface area contributed by atoms with Gasteiger partial charge in [0.1, 0.15) is 10.6 Å². The number of rotatable bonds is 4. The first-order valence-electron chi connectivity index (χ1n) is 9.30. The van der Waals surface area contributed by atoms with Gasteiger partial charge in [-0.25, -0.2) is 4.98 Å². The highest BCUT2D eigenvalue weighted by Crippen LogP contribution is 2.36. The summed E-state index contributed by atoms with van der Waals surface area (Å²) in [6, 6.07) is 9.78. The highest BCUT2D eigenvalue weighted by molar-refractivity contribution is 7.98. The van der Waals surface area contributed by atoms with Crippen molar-refractivity contribution in [2.75, 3.05) is 0 Å². The van der Waals surface area contributed by atoms with Crippen LogP contribution in [0.15, 0.2) is 44.8 Å². The third-order valence-corrected chi connectivity index (χ3v) is 7.40. The average molecular weight is 410 g/mol. The van der Waals surface area contributed by atoms with Crippen LogP contribution in [0.25, 0.3) is 15.9 Å². The number of thioether (sulfide) groups is 1. The summed E-state index contributed by atoms with van der Waals surface area (Å²) in [6.45, 7) is 3.86. The van der Waals surface area contributed by atoms with Crippen molar-refractivity contribution in [1.82, 2.24) is 14.7 Å². The monoisotopic (exact) mass is 409 g/mol. The molecule has 7 heteroatoms. The zero-order valence-corrected chi connectivity index (χ0v) is 17.3. The van der Waals surface area contributed by atoms with E-state index in [4.69, 9.17) is 9.51 Å². The van der Waals surface area contributed by atoms with Gasteiger partial charge in [0.25, 0.3) is 5.56 Å². The number of thiophene rings is 1. The lowest BCUT2D eigenvalue weighted by molar-refractivity contribution is 0.392. The molecule has 1 aromatic carbocycles. The topological polar surface area (TPSA) is 60.9 Å². The largest absolute Gasteiger partial charge is 0.361 e. The molecular weight excluding hydrogens is 390 g/mol. The van der Waals surface area contributed by atoms with Gasteiger partial charge in [-0.3, -0.25) is 9.36 Å². The van der Waals surface area contributed by atoms with Crippen LogP contribution in [0.2, 0.25) is 0 Å². The maximum Gasteiger partial charge on any atom is 0.267 e. The fourth-order valence-electron chi connectivity index (χ4n) is 3.77. The molecule has 0 bridgehead atoms. The van der Waals surface area contributed by atoms with E-state index in [0.717, 1.165) is 52.2 Å². The summed E-state index contributed by atoms with van der Waals surface area (Å²) in [4.78, 5) is 20.7. The van der Waals surface area contributed by atoms with E-state index >= 15 is 0 Å². The van der Waals surface area contributed by atoms with Gasteiger partial charge >= 0.3 is 0 Å². The number of aryl methyl sites for hydroxylation is 4. The summed E-state index contributed by atoms with van der Waals surface area (Å²) in [6.07, 6.45) is 3.17. The van der Waals surface area contributed by atoms with Crippen LogP contribution >= 0.6 is 23.1 Å². The molecule has 3 aromatic heterocycles. The smallest absolute Gasteiger partial charge is 0.267 e. The van der Waals surface area contributed by atoms with E-state index in [9.17, 15) is 4.79 Å². The van der Waals surface area contributed by atoms with Crippen LogP contribution in [0.3, 0.4) is 0 Å². The number of nitrogens with zero attached hydrogens (tertiary/aromatic N) is 3. The van der Waals surface area contributed by atoms with E-state index in [1.807, 2.05) is 44.2 Å². The Morgan fingerprint density at radius 1 is 1.21 bits per heavy atom. The molecule has 3 heterocycles. The van der Waals surface area contributed by atoms with E-state index in [-0.39, 0.29) is 5.56 Å². The highest BCUT2D eigenvalue weighted by Gasteiger charge is 2.24. The fourth-order valence-corrected chi connectivity index (χ4v) is 6.24. The molecule has 0 amide bonds. The lowest BCUT2D eigenvalue weighted by Crippen LogP contribution is -2.21. The van der Waals surface area contributed by atoms with Gasteiger partial charge in [0, 0.05) is 16.2 Å². The molecule has 0 saturated carbocycles. The van der Waals surface area contributed by atoms with Crippen molar-refractivity contribution in [3.63, 3.8) is 0 Å². The first-order chi connectivity index (χ1) is 13.6. The summed E-state index contributed by atoms with van der Waals surface area (Å²) in [5, 5.41) is 5.55. The number of para-hydroxylation sites is 1. The summed E-state index contributed by atoms with van der Waals surface area (Å²) in [5.41, 5.74) is 4.05. The summed E-state index contributed by atoms with van der Waals surface area (Å²) >= 11 is 3.24. The Bertz CT molecular complexity index is 1220. The lowest BCUT2D eigenvalue weighted by Gasteiger charge is -2.12. The van der Waals surface area contributed by atoms with Gasteiger partial charge in [0.15, 0.2) is 5.16 Å². The molecule has 1 aliphatic rings.